The zero-order valence-electron chi connectivity index (χ0n) is 11.5. The van der Waals surface area contributed by atoms with E-state index in [-0.39, 0.29) is 16.7 Å². The largest absolute Gasteiger partial charge is 0.367 e. The van der Waals surface area contributed by atoms with Gasteiger partial charge in [-0.1, -0.05) is 13.0 Å². The molecule has 2 rings (SSSR count). The third-order valence-electron chi connectivity index (χ3n) is 4.08. The van der Waals surface area contributed by atoms with Crippen molar-refractivity contribution in [3.05, 3.63) is 33.9 Å². The summed E-state index contributed by atoms with van der Waals surface area (Å²) < 4.78 is 0. The molecule has 1 heterocycles. The van der Waals surface area contributed by atoms with Crippen LogP contribution < -0.4 is 10.6 Å². The number of hydrogen-bond acceptors (Lipinski definition) is 4. The van der Waals surface area contributed by atoms with Crippen molar-refractivity contribution in [3.8, 4) is 0 Å². The second-order valence-electron chi connectivity index (χ2n) is 5.34. The monoisotopic (exact) mass is 263 g/mol. The molecule has 1 fully saturated rings. The van der Waals surface area contributed by atoms with Crippen LogP contribution in [0.3, 0.4) is 0 Å². The fraction of sp³-hybridized carbons (Fsp3) is 0.571. The highest BCUT2D eigenvalue weighted by Crippen LogP contribution is 2.31. The van der Waals surface area contributed by atoms with Gasteiger partial charge in [0, 0.05) is 36.4 Å². The summed E-state index contributed by atoms with van der Waals surface area (Å²) in [5, 5.41) is 11.0. The van der Waals surface area contributed by atoms with E-state index in [2.05, 4.69) is 11.8 Å². The van der Waals surface area contributed by atoms with Crippen molar-refractivity contribution < 1.29 is 4.92 Å². The molecule has 1 aromatic carbocycles. The fourth-order valence-corrected chi connectivity index (χ4v) is 2.90. The molecule has 0 radical (unpaired) electrons. The molecule has 0 saturated carbocycles. The SMILES string of the molecule is Cc1ccc(N2CCCC(C)C2CN)cc1[N+](=O)[O-]. The molecule has 1 aliphatic heterocycles. The lowest BCUT2D eigenvalue weighted by molar-refractivity contribution is -0.385. The minimum atomic E-state index is -0.316. The smallest absolute Gasteiger partial charge is 0.274 e. The van der Waals surface area contributed by atoms with E-state index < -0.39 is 0 Å². The molecule has 104 valence electrons. The second-order valence-corrected chi connectivity index (χ2v) is 5.34. The molecule has 2 unspecified atom stereocenters. The molecule has 1 aliphatic rings. The number of benzene rings is 1. The summed E-state index contributed by atoms with van der Waals surface area (Å²) in [6.07, 6.45) is 2.28. The molecule has 2 N–H and O–H groups in total. The molecule has 0 amide bonds. The first-order chi connectivity index (χ1) is 9.04. The van der Waals surface area contributed by atoms with E-state index in [1.54, 1.807) is 13.0 Å². The Bertz CT molecular complexity index is 476. The van der Waals surface area contributed by atoms with Gasteiger partial charge >= 0.3 is 0 Å². The molecule has 5 heteroatoms. The summed E-state index contributed by atoms with van der Waals surface area (Å²) in [4.78, 5) is 12.9. The lowest BCUT2D eigenvalue weighted by atomic mass is 9.90. The number of piperidine rings is 1. The van der Waals surface area contributed by atoms with E-state index in [1.165, 1.54) is 6.42 Å². The van der Waals surface area contributed by atoms with Crippen molar-refractivity contribution in [2.75, 3.05) is 18.0 Å². The van der Waals surface area contributed by atoms with Crippen molar-refractivity contribution in [3.63, 3.8) is 0 Å². The normalized spacial score (nSPS) is 23.4. The summed E-state index contributed by atoms with van der Waals surface area (Å²) in [6.45, 7) is 5.47. The van der Waals surface area contributed by atoms with Crippen LogP contribution >= 0.6 is 0 Å². The van der Waals surface area contributed by atoms with E-state index in [0.29, 0.717) is 18.0 Å². The second kappa shape index (κ2) is 5.57. The zero-order chi connectivity index (χ0) is 14.0. The molecule has 19 heavy (non-hydrogen) atoms. The number of nitro benzene ring substituents is 1. The molecular weight excluding hydrogens is 242 g/mol. The van der Waals surface area contributed by atoms with Gasteiger partial charge in [0.05, 0.1) is 4.92 Å². The summed E-state index contributed by atoms with van der Waals surface area (Å²) >= 11 is 0. The first-order valence-electron chi connectivity index (χ1n) is 6.76. The van der Waals surface area contributed by atoms with Crippen molar-refractivity contribution in [2.45, 2.75) is 32.7 Å². The molecule has 0 bridgehead atoms. The predicted molar refractivity (Wildman–Crippen MR) is 76.4 cm³/mol. The van der Waals surface area contributed by atoms with Gasteiger partial charge in [-0.25, -0.2) is 0 Å². The summed E-state index contributed by atoms with van der Waals surface area (Å²) in [7, 11) is 0. The van der Waals surface area contributed by atoms with Crippen LogP contribution in [0.1, 0.15) is 25.3 Å². The molecule has 1 aromatic rings. The maximum absolute atomic E-state index is 11.0. The lowest BCUT2D eigenvalue weighted by Gasteiger charge is -2.41. The molecule has 0 aromatic heterocycles. The van der Waals surface area contributed by atoms with Crippen LogP contribution in [0.15, 0.2) is 18.2 Å². The standard InChI is InChI=1S/C14H21N3O2/c1-10-4-3-7-16(14(10)9-15)12-6-5-11(2)13(8-12)17(18)19/h5-6,8,10,14H,3-4,7,9,15H2,1-2H3. The first kappa shape index (κ1) is 13.8. The number of aryl methyl sites for hydroxylation is 1. The predicted octanol–water partition coefficient (Wildman–Crippen LogP) is 2.47. The van der Waals surface area contributed by atoms with Crippen molar-refractivity contribution in [2.24, 2.45) is 11.7 Å². The van der Waals surface area contributed by atoms with Gasteiger partial charge in [-0.3, -0.25) is 10.1 Å². The number of nitrogens with two attached hydrogens (primary N) is 1. The molecule has 0 spiro atoms. The van der Waals surface area contributed by atoms with E-state index in [4.69, 9.17) is 5.73 Å². The Labute approximate surface area is 113 Å². The Balaban J connectivity index is 2.34. The van der Waals surface area contributed by atoms with Gasteiger partial charge in [-0.05, 0) is 31.7 Å². The average Bonchev–Trinajstić information content (AvgIpc) is 2.38. The molecule has 2 atom stereocenters. The Morgan fingerprint density at radius 3 is 2.89 bits per heavy atom. The van der Waals surface area contributed by atoms with Gasteiger partial charge < -0.3 is 10.6 Å². The van der Waals surface area contributed by atoms with E-state index in [9.17, 15) is 10.1 Å². The van der Waals surface area contributed by atoms with E-state index >= 15 is 0 Å². The van der Waals surface area contributed by atoms with Crippen LogP contribution in [-0.2, 0) is 0 Å². The van der Waals surface area contributed by atoms with Crippen molar-refractivity contribution >= 4 is 11.4 Å². The highest BCUT2D eigenvalue weighted by Gasteiger charge is 2.28. The molecule has 0 aliphatic carbocycles. The number of nitrogens with zero attached hydrogens (tertiary/aromatic N) is 2. The van der Waals surface area contributed by atoms with Crippen LogP contribution in [0.4, 0.5) is 11.4 Å². The van der Waals surface area contributed by atoms with Crippen LogP contribution in [0.2, 0.25) is 0 Å². The van der Waals surface area contributed by atoms with Gasteiger partial charge in [0.25, 0.3) is 5.69 Å². The number of hydrogen-bond donors (Lipinski definition) is 1. The Hall–Kier alpha value is -1.62. The third-order valence-corrected chi connectivity index (χ3v) is 4.08. The Morgan fingerprint density at radius 2 is 2.26 bits per heavy atom. The lowest BCUT2D eigenvalue weighted by Crippen LogP contribution is -2.48. The average molecular weight is 263 g/mol. The first-order valence-corrected chi connectivity index (χ1v) is 6.76. The Kier molecular flexibility index (Phi) is 4.04. The van der Waals surface area contributed by atoms with Crippen LogP contribution in [0.25, 0.3) is 0 Å². The maximum atomic E-state index is 11.0. The summed E-state index contributed by atoms with van der Waals surface area (Å²) in [6, 6.07) is 5.73. The minimum Gasteiger partial charge on any atom is -0.367 e. The summed E-state index contributed by atoms with van der Waals surface area (Å²) in [5.41, 5.74) is 7.67. The number of nitro groups is 1. The molecular formula is C14H21N3O2. The van der Waals surface area contributed by atoms with Gasteiger partial charge in [0.1, 0.15) is 0 Å². The summed E-state index contributed by atoms with van der Waals surface area (Å²) in [5.74, 6) is 0.527. The molecule has 5 nitrogen and oxygen atoms in total. The van der Waals surface area contributed by atoms with Crippen molar-refractivity contribution in [1.29, 1.82) is 0 Å². The quantitative estimate of drug-likeness (QED) is 0.671. The minimum absolute atomic E-state index is 0.187. The number of anilines is 1. The zero-order valence-corrected chi connectivity index (χ0v) is 11.5. The van der Waals surface area contributed by atoms with Gasteiger partial charge in [-0.2, -0.15) is 0 Å². The third kappa shape index (κ3) is 2.71. The van der Waals surface area contributed by atoms with Gasteiger partial charge in [-0.15, -0.1) is 0 Å². The van der Waals surface area contributed by atoms with Crippen LogP contribution in [0, 0.1) is 23.0 Å². The van der Waals surface area contributed by atoms with Crippen LogP contribution in [-0.4, -0.2) is 24.1 Å². The van der Waals surface area contributed by atoms with Gasteiger partial charge in [0.15, 0.2) is 0 Å². The number of rotatable bonds is 3. The molecule has 1 saturated heterocycles. The highest BCUT2D eigenvalue weighted by atomic mass is 16.6. The van der Waals surface area contributed by atoms with Gasteiger partial charge in [0.2, 0.25) is 0 Å². The highest BCUT2D eigenvalue weighted by molar-refractivity contribution is 5.57. The van der Waals surface area contributed by atoms with Crippen LogP contribution in [0.5, 0.6) is 0 Å². The van der Waals surface area contributed by atoms with E-state index in [1.807, 2.05) is 12.1 Å². The fourth-order valence-electron chi connectivity index (χ4n) is 2.90. The maximum Gasteiger partial charge on any atom is 0.274 e. The van der Waals surface area contributed by atoms with E-state index in [0.717, 1.165) is 18.7 Å². The topological polar surface area (TPSA) is 72.4 Å². The van der Waals surface area contributed by atoms with Crippen molar-refractivity contribution in [1.82, 2.24) is 0 Å². The Morgan fingerprint density at radius 1 is 1.53 bits per heavy atom.